The van der Waals surface area contributed by atoms with E-state index in [4.69, 9.17) is 0 Å². The third-order valence-corrected chi connectivity index (χ3v) is 3.13. The first-order chi connectivity index (χ1) is 7.31. The maximum Gasteiger partial charge on any atom is 0.0573 e. The highest BCUT2D eigenvalue weighted by Crippen LogP contribution is 2.28. The summed E-state index contributed by atoms with van der Waals surface area (Å²) in [6.07, 6.45) is 7.83. The minimum absolute atomic E-state index is 0.726. The lowest BCUT2D eigenvalue weighted by Crippen LogP contribution is -2.37. The summed E-state index contributed by atoms with van der Waals surface area (Å²) >= 11 is 0. The molecule has 0 amide bonds. The first-order valence-corrected chi connectivity index (χ1v) is 5.73. The molecule has 1 saturated carbocycles. The Hall–Kier alpha value is -1.25. The van der Waals surface area contributed by atoms with Gasteiger partial charge in [-0.05, 0) is 32.3 Å². The number of rotatable bonds is 4. The number of nitrogens with zero attached hydrogens (tertiary/aromatic N) is 2. The molecular formula is C12H19N3. The molecule has 0 aliphatic heterocycles. The summed E-state index contributed by atoms with van der Waals surface area (Å²) < 4.78 is 0. The van der Waals surface area contributed by atoms with Crippen LogP contribution in [0.4, 0.5) is 11.4 Å². The van der Waals surface area contributed by atoms with Crippen molar-refractivity contribution in [3.63, 3.8) is 0 Å². The summed E-state index contributed by atoms with van der Waals surface area (Å²) in [5.74, 6) is 0. The van der Waals surface area contributed by atoms with Gasteiger partial charge in [0.05, 0.1) is 23.8 Å². The van der Waals surface area contributed by atoms with Gasteiger partial charge in [-0.3, -0.25) is 4.98 Å². The normalized spacial score (nSPS) is 15.9. The van der Waals surface area contributed by atoms with Crippen LogP contribution in [0.15, 0.2) is 18.5 Å². The van der Waals surface area contributed by atoms with E-state index < -0.39 is 0 Å². The Bertz CT molecular complexity index is 320. The summed E-state index contributed by atoms with van der Waals surface area (Å²) in [5.41, 5.74) is 2.33. The van der Waals surface area contributed by atoms with Crippen LogP contribution in [0.3, 0.4) is 0 Å². The number of pyridine rings is 1. The maximum absolute atomic E-state index is 4.26. The van der Waals surface area contributed by atoms with Crippen LogP contribution in [0, 0.1) is 0 Å². The van der Waals surface area contributed by atoms with Crippen LogP contribution < -0.4 is 10.2 Å². The molecule has 0 atom stereocenters. The second kappa shape index (κ2) is 4.51. The zero-order chi connectivity index (χ0) is 10.7. The van der Waals surface area contributed by atoms with Crippen LogP contribution in [-0.4, -0.2) is 24.6 Å². The molecule has 1 aliphatic carbocycles. The van der Waals surface area contributed by atoms with Crippen LogP contribution in [0.1, 0.15) is 26.2 Å². The van der Waals surface area contributed by atoms with Crippen molar-refractivity contribution in [1.29, 1.82) is 0 Å². The Morgan fingerprint density at radius 2 is 2.27 bits per heavy atom. The standard InChI is InChI=1S/C12H19N3/c1-3-14-10-7-12(9-13-8-10)15(2)11-5-4-6-11/h7-9,11,14H,3-6H2,1-2H3. The van der Waals surface area contributed by atoms with Gasteiger partial charge in [-0.2, -0.15) is 0 Å². The van der Waals surface area contributed by atoms with Gasteiger partial charge in [-0.1, -0.05) is 0 Å². The van der Waals surface area contributed by atoms with Crippen molar-refractivity contribution in [2.24, 2.45) is 0 Å². The van der Waals surface area contributed by atoms with Crippen molar-refractivity contribution in [2.45, 2.75) is 32.2 Å². The monoisotopic (exact) mass is 205 g/mol. The van der Waals surface area contributed by atoms with E-state index in [1.807, 2.05) is 12.4 Å². The molecule has 15 heavy (non-hydrogen) atoms. The van der Waals surface area contributed by atoms with Gasteiger partial charge in [-0.15, -0.1) is 0 Å². The molecule has 0 spiro atoms. The zero-order valence-corrected chi connectivity index (χ0v) is 9.53. The first-order valence-electron chi connectivity index (χ1n) is 5.73. The summed E-state index contributed by atoms with van der Waals surface area (Å²) in [4.78, 5) is 6.61. The summed E-state index contributed by atoms with van der Waals surface area (Å²) in [6.45, 7) is 3.04. The SMILES string of the molecule is CCNc1cncc(N(C)C2CCC2)c1. The van der Waals surface area contributed by atoms with Crippen molar-refractivity contribution in [1.82, 2.24) is 4.98 Å². The molecule has 0 radical (unpaired) electrons. The van der Waals surface area contributed by atoms with E-state index in [0.717, 1.165) is 18.3 Å². The van der Waals surface area contributed by atoms with Crippen LogP contribution in [0.25, 0.3) is 0 Å². The molecule has 1 heterocycles. The smallest absolute Gasteiger partial charge is 0.0573 e. The number of hydrogen-bond acceptors (Lipinski definition) is 3. The van der Waals surface area contributed by atoms with E-state index in [9.17, 15) is 0 Å². The van der Waals surface area contributed by atoms with Crippen molar-refractivity contribution in [3.8, 4) is 0 Å². The van der Waals surface area contributed by atoms with Crippen molar-refractivity contribution in [3.05, 3.63) is 18.5 Å². The number of nitrogens with one attached hydrogen (secondary N) is 1. The van der Waals surface area contributed by atoms with E-state index in [1.165, 1.54) is 24.9 Å². The van der Waals surface area contributed by atoms with Gasteiger partial charge in [0.15, 0.2) is 0 Å². The topological polar surface area (TPSA) is 28.2 Å². The molecule has 3 nitrogen and oxygen atoms in total. The second-order valence-electron chi connectivity index (χ2n) is 4.16. The molecule has 1 fully saturated rings. The minimum Gasteiger partial charge on any atom is -0.384 e. The Balaban J connectivity index is 2.09. The fraction of sp³-hybridized carbons (Fsp3) is 0.583. The average molecular weight is 205 g/mol. The van der Waals surface area contributed by atoms with E-state index >= 15 is 0 Å². The molecule has 1 aromatic heterocycles. The molecule has 0 saturated heterocycles. The molecule has 2 rings (SSSR count). The Kier molecular flexibility index (Phi) is 3.09. The zero-order valence-electron chi connectivity index (χ0n) is 9.53. The van der Waals surface area contributed by atoms with Crippen LogP contribution in [0.5, 0.6) is 0 Å². The van der Waals surface area contributed by atoms with E-state index in [1.54, 1.807) is 0 Å². The van der Waals surface area contributed by atoms with Crippen molar-refractivity contribution in [2.75, 3.05) is 23.8 Å². The summed E-state index contributed by atoms with van der Waals surface area (Å²) in [7, 11) is 2.16. The second-order valence-corrected chi connectivity index (χ2v) is 4.16. The first kappa shape index (κ1) is 10.3. The lowest BCUT2D eigenvalue weighted by atomic mass is 9.91. The van der Waals surface area contributed by atoms with Crippen LogP contribution >= 0.6 is 0 Å². The molecule has 1 aromatic rings. The van der Waals surface area contributed by atoms with Gasteiger partial charge in [0.2, 0.25) is 0 Å². The minimum atomic E-state index is 0.726. The lowest BCUT2D eigenvalue weighted by molar-refractivity contribution is 0.401. The third-order valence-electron chi connectivity index (χ3n) is 3.13. The van der Waals surface area contributed by atoms with E-state index in [2.05, 4.69) is 35.2 Å². The number of aromatic nitrogens is 1. The van der Waals surface area contributed by atoms with Gasteiger partial charge < -0.3 is 10.2 Å². The molecule has 1 aliphatic rings. The Morgan fingerprint density at radius 3 is 2.87 bits per heavy atom. The fourth-order valence-corrected chi connectivity index (χ4v) is 1.91. The number of anilines is 2. The van der Waals surface area contributed by atoms with Gasteiger partial charge >= 0.3 is 0 Å². The van der Waals surface area contributed by atoms with Gasteiger partial charge in [-0.25, -0.2) is 0 Å². The lowest BCUT2D eigenvalue weighted by Gasteiger charge is -2.36. The highest BCUT2D eigenvalue weighted by Gasteiger charge is 2.22. The molecule has 3 heteroatoms. The molecule has 0 unspecified atom stereocenters. The molecular weight excluding hydrogens is 186 g/mol. The van der Waals surface area contributed by atoms with E-state index in [0.29, 0.717) is 0 Å². The number of hydrogen-bond donors (Lipinski definition) is 1. The van der Waals surface area contributed by atoms with Gasteiger partial charge in [0.1, 0.15) is 0 Å². The van der Waals surface area contributed by atoms with Gasteiger partial charge in [0.25, 0.3) is 0 Å². The summed E-state index contributed by atoms with van der Waals surface area (Å²) in [6, 6.07) is 2.90. The van der Waals surface area contributed by atoms with Crippen LogP contribution in [0.2, 0.25) is 0 Å². The predicted molar refractivity (Wildman–Crippen MR) is 64.4 cm³/mol. The molecule has 82 valence electrons. The fourth-order valence-electron chi connectivity index (χ4n) is 1.91. The average Bonchev–Trinajstić information content (AvgIpc) is 2.16. The predicted octanol–water partition coefficient (Wildman–Crippen LogP) is 2.50. The van der Waals surface area contributed by atoms with E-state index in [-0.39, 0.29) is 0 Å². The van der Waals surface area contributed by atoms with Crippen molar-refractivity contribution >= 4 is 11.4 Å². The highest BCUT2D eigenvalue weighted by atomic mass is 15.1. The molecule has 0 aromatic carbocycles. The maximum atomic E-state index is 4.26. The Labute approximate surface area is 91.5 Å². The van der Waals surface area contributed by atoms with Gasteiger partial charge in [0, 0.05) is 19.6 Å². The third kappa shape index (κ3) is 2.22. The van der Waals surface area contributed by atoms with Crippen molar-refractivity contribution < 1.29 is 0 Å². The quantitative estimate of drug-likeness (QED) is 0.818. The molecule has 1 N–H and O–H groups in total. The highest BCUT2D eigenvalue weighted by molar-refractivity contribution is 5.55. The van der Waals surface area contributed by atoms with Crippen LogP contribution in [-0.2, 0) is 0 Å². The largest absolute Gasteiger partial charge is 0.384 e. The summed E-state index contributed by atoms with van der Waals surface area (Å²) in [5, 5.41) is 3.29. The Morgan fingerprint density at radius 1 is 1.47 bits per heavy atom. The molecule has 0 bridgehead atoms.